The summed E-state index contributed by atoms with van der Waals surface area (Å²) < 4.78 is 0. The Balaban J connectivity index is 1.84. The number of amides is 1. The third kappa shape index (κ3) is 6.89. The van der Waals surface area contributed by atoms with Gasteiger partial charge in [-0.3, -0.25) is 4.79 Å². The van der Waals surface area contributed by atoms with Gasteiger partial charge >= 0.3 is 0 Å². The van der Waals surface area contributed by atoms with Crippen LogP contribution in [0.1, 0.15) is 28.2 Å². The van der Waals surface area contributed by atoms with Crippen LogP contribution < -0.4 is 10.6 Å². The van der Waals surface area contributed by atoms with Crippen molar-refractivity contribution in [2.45, 2.75) is 19.8 Å². The highest BCUT2D eigenvalue weighted by Gasteiger charge is 2.10. The lowest BCUT2D eigenvalue weighted by molar-refractivity contribution is 0.0946. The predicted molar refractivity (Wildman–Crippen MR) is 101 cm³/mol. The number of aryl methyl sites for hydroxylation is 2. The van der Waals surface area contributed by atoms with Crippen molar-refractivity contribution in [2.75, 3.05) is 39.0 Å². The summed E-state index contributed by atoms with van der Waals surface area (Å²) in [6, 6.07) is 12.1. The molecule has 2 rings (SSSR count). The van der Waals surface area contributed by atoms with Gasteiger partial charge in [0.2, 0.25) is 5.95 Å². The number of hydrogen-bond donors (Lipinski definition) is 2. The summed E-state index contributed by atoms with van der Waals surface area (Å²) in [7, 11) is 3.94. The molecule has 1 aromatic heterocycles. The van der Waals surface area contributed by atoms with E-state index in [1.54, 1.807) is 6.07 Å². The van der Waals surface area contributed by atoms with E-state index in [1.807, 2.05) is 44.1 Å². The summed E-state index contributed by atoms with van der Waals surface area (Å²) in [5.74, 6) is 0.338. The number of carbonyl (C=O) groups excluding carboxylic acids is 1. The Labute approximate surface area is 149 Å². The van der Waals surface area contributed by atoms with E-state index in [-0.39, 0.29) is 5.91 Å². The van der Waals surface area contributed by atoms with Crippen molar-refractivity contribution in [3.05, 3.63) is 53.3 Å². The average molecular weight is 341 g/mol. The Kier molecular flexibility index (Phi) is 7.35. The number of carbonyl (C=O) groups is 1. The zero-order valence-electron chi connectivity index (χ0n) is 15.2. The molecule has 0 aliphatic rings. The monoisotopic (exact) mass is 341 g/mol. The fraction of sp³-hybridized carbons (Fsp3) is 0.421. The molecule has 1 heterocycles. The molecule has 2 aromatic rings. The topological polar surface area (TPSA) is 70.2 Å². The third-order valence-electron chi connectivity index (χ3n) is 3.70. The van der Waals surface area contributed by atoms with Gasteiger partial charge in [-0.25, -0.2) is 9.97 Å². The van der Waals surface area contributed by atoms with Crippen LogP contribution in [0, 0.1) is 6.92 Å². The molecule has 134 valence electrons. The Morgan fingerprint density at radius 2 is 1.88 bits per heavy atom. The van der Waals surface area contributed by atoms with E-state index in [2.05, 4.69) is 32.7 Å². The first-order valence-corrected chi connectivity index (χ1v) is 8.61. The third-order valence-corrected chi connectivity index (χ3v) is 3.70. The fourth-order valence-electron chi connectivity index (χ4n) is 2.38. The first kappa shape index (κ1) is 18.9. The molecule has 0 aliphatic heterocycles. The molecule has 0 saturated carbocycles. The van der Waals surface area contributed by atoms with Gasteiger partial charge < -0.3 is 15.5 Å². The van der Waals surface area contributed by atoms with Crippen LogP contribution in [-0.4, -0.2) is 54.5 Å². The van der Waals surface area contributed by atoms with Crippen molar-refractivity contribution < 1.29 is 4.79 Å². The number of nitrogens with one attached hydrogen (secondary N) is 2. The van der Waals surface area contributed by atoms with Crippen LogP contribution >= 0.6 is 0 Å². The van der Waals surface area contributed by atoms with Gasteiger partial charge in [0.1, 0.15) is 5.69 Å². The Hall–Kier alpha value is -2.47. The minimum Gasteiger partial charge on any atom is -0.354 e. The van der Waals surface area contributed by atoms with Crippen LogP contribution in [0.3, 0.4) is 0 Å². The second kappa shape index (κ2) is 9.74. The molecule has 0 spiro atoms. The smallest absolute Gasteiger partial charge is 0.270 e. The van der Waals surface area contributed by atoms with Crippen LogP contribution in [0.5, 0.6) is 0 Å². The van der Waals surface area contributed by atoms with E-state index >= 15 is 0 Å². The van der Waals surface area contributed by atoms with Gasteiger partial charge in [0, 0.05) is 25.3 Å². The van der Waals surface area contributed by atoms with Crippen LogP contribution in [0.2, 0.25) is 0 Å². The van der Waals surface area contributed by atoms with Crippen molar-refractivity contribution in [3.63, 3.8) is 0 Å². The molecule has 6 nitrogen and oxygen atoms in total. The van der Waals surface area contributed by atoms with E-state index in [9.17, 15) is 4.79 Å². The van der Waals surface area contributed by atoms with E-state index < -0.39 is 0 Å². The number of benzene rings is 1. The number of aromatic nitrogens is 2. The molecule has 6 heteroatoms. The van der Waals surface area contributed by atoms with Crippen molar-refractivity contribution in [2.24, 2.45) is 0 Å². The molecule has 0 fully saturated rings. The molecule has 0 aliphatic carbocycles. The maximum absolute atomic E-state index is 12.2. The summed E-state index contributed by atoms with van der Waals surface area (Å²) in [5.41, 5.74) is 2.49. The summed E-state index contributed by atoms with van der Waals surface area (Å²) >= 11 is 0. The van der Waals surface area contributed by atoms with Crippen molar-refractivity contribution >= 4 is 11.9 Å². The minimum atomic E-state index is -0.167. The minimum absolute atomic E-state index is 0.167. The molecule has 1 amide bonds. The van der Waals surface area contributed by atoms with Crippen molar-refractivity contribution in [3.8, 4) is 0 Å². The predicted octanol–water partition coefficient (Wildman–Crippen LogP) is 2.12. The lowest BCUT2D eigenvalue weighted by Gasteiger charge is -2.11. The van der Waals surface area contributed by atoms with Gasteiger partial charge in [-0.1, -0.05) is 30.3 Å². The largest absolute Gasteiger partial charge is 0.354 e. The molecule has 0 atom stereocenters. The molecule has 1 aromatic carbocycles. The zero-order valence-corrected chi connectivity index (χ0v) is 15.2. The lowest BCUT2D eigenvalue weighted by atomic mass is 10.1. The normalized spacial score (nSPS) is 10.7. The number of anilines is 1. The lowest BCUT2D eigenvalue weighted by Crippen LogP contribution is -2.32. The maximum Gasteiger partial charge on any atom is 0.270 e. The number of likely N-dealkylation sites (N-methyl/N-ethyl adjacent to an activating group) is 1. The van der Waals surface area contributed by atoms with Gasteiger partial charge in [-0.15, -0.1) is 0 Å². The average Bonchev–Trinajstić information content (AvgIpc) is 2.59. The highest BCUT2D eigenvalue weighted by molar-refractivity contribution is 5.92. The van der Waals surface area contributed by atoms with Crippen LogP contribution in [0.25, 0.3) is 0 Å². The fourth-order valence-corrected chi connectivity index (χ4v) is 2.38. The van der Waals surface area contributed by atoms with Crippen LogP contribution in [0.4, 0.5) is 5.95 Å². The summed E-state index contributed by atoms with van der Waals surface area (Å²) in [4.78, 5) is 22.9. The van der Waals surface area contributed by atoms with Gasteiger partial charge in [-0.05, 0) is 45.5 Å². The summed E-state index contributed by atoms with van der Waals surface area (Å²) in [5, 5.41) is 6.09. The molecule has 0 unspecified atom stereocenters. The van der Waals surface area contributed by atoms with Gasteiger partial charge in [0.15, 0.2) is 0 Å². The second-order valence-electron chi connectivity index (χ2n) is 6.29. The SMILES string of the molecule is Cc1cc(C(=O)NCCN(C)C)nc(NCCCc2ccccc2)n1. The molecule has 0 radical (unpaired) electrons. The molecular formula is C19H27N5O. The highest BCUT2D eigenvalue weighted by Crippen LogP contribution is 2.07. The van der Waals surface area contributed by atoms with E-state index in [1.165, 1.54) is 5.56 Å². The molecule has 0 bridgehead atoms. The zero-order chi connectivity index (χ0) is 18.1. The molecule has 25 heavy (non-hydrogen) atoms. The first-order chi connectivity index (χ1) is 12.0. The van der Waals surface area contributed by atoms with E-state index in [0.717, 1.165) is 31.6 Å². The second-order valence-corrected chi connectivity index (χ2v) is 6.29. The van der Waals surface area contributed by atoms with E-state index in [4.69, 9.17) is 0 Å². The maximum atomic E-state index is 12.2. The molecule has 2 N–H and O–H groups in total. The molecular weight excluding hydrogens is 314 g/mol. The quantitative estimate of drug-likeness (QED) is 0.684. The van der Waals surface area contributed by atoms with Crippen LogP contribution in [-0.2, 0) is 6.42 Å². The van der Waals surface area contributed by atoms with Gasteiger partial charge in [0.25, 0.3) is 5.91 Å². The van der Waals surface area contributed by atoms with Crippen molar-refractivity contribution in [1.82, 2.24) is 20.2 Å². The standard InChI is InChI=1S/C19H27N5O/c1-15-14-17(18(25)20-12-13-24(2)3)23-19(22-15)21-11-7-10-16-8-5-4-6-9-16/h4-6,8-9,14H,7,10-13H2,1-3H3,(H,20,25)(H,21,22,23). The Morgan fingerprint density at radius 3 is 2.60 bits per heavy atom. The number of rotatable bonds is 9. The molecule has 0 saturated heterocycles. The van der Waals surface area contributed by atoms with Crippen LogP contribution in [0.15, 0.2) is 36.4 Å². The first-order valence-electron chi connectivity index (χ1n) is 8.61. The number of hydrogen-bond acceptors (Lipinski definition) is 5. The van der Waals surface area contributed by atoms with Gasteiger partial charge in [0.05, 0.1) is 0 Å². The van der Waals surface area contributed by atoms with E-state index in [0.29, 0.717) is 18.2 Å². The highest BCUT2D eigenvalue weighted by atomic mass is 16.1. The Bertz CT molecular complexity index is 673. The Morgan fingerprint density at radius 1 is 1.12 bits per heavy atom. The summed E-state index contributed by atoms with van der Waals surface area (Å²) in [6.07, 6.45) is 1.98. The number of nitrogens with zero attached hydrogens (tertiary/aromatic N) is 3. The van der Waals surface area contributed by atoms with Crippen molar-refractivity contribution in [1.29, 1.82) is 0 Å². The van der Waals surface area contributed by atoms with Gasteiger partial charge in [-0.2, -0.15) is 0 Å². The summed E-state index contributed by atoms with van der Waals surface area (Å²) in [6.45, 7) is 4.02.